The van der Waals surface area contributed by atoms with E-state index in [0.29, 0.717) is 17.9 Å². The van der Waals surface area contributed by atoms with Gasteiger partial charge < -0.3 is 15.3 Å². The van der Waals surface area contributed by atoms with Crippen molar-refractivity contribution >= 4 is 41.1 Å². The molecule has 1 aromatic heterocycles. The lowest BCUT2D eigenvalue weighted by Crippen LogP contribution is -2.20. The third kappa shape index (κ3) is 5.14. The van der Waals surface area contributed by atoms with Crippen molar-refractivity contribution in [1.29, 1.82) is 0 Å². The zero-order valence-corrected chi connectivity index (χ0v) is 18.2. The molecular formula is C24H23ClN4O3. The first-order valence-electron chi connectivity index (χ1n) is 9.93. The molecule has 1 unspecified atom stereocenters. The Morgan fingerprint density at radius 1 is 1.16 bits per heavy atom. The van der Waals surface area contributed by atoms with Gasteiger partial charge in [0.2, 0.25) is 0 Å². The Labute approximate surface area is 191 Å². The molecular weight excluding hydrogens is 428 g/mol. The predicted octanol–water partition coefficient (Wildman–Crippen LogP) is 4.69. The zero-order valence-electron chi connectivity index (χ0n) is 17.4. The number of benzene rings is 3. The summed E-state index contributed by atoms with van der Waals surface area (Å²) in [6.07, 6.45) is 0.407. The van der Waals surface area contributed by atoms with E-state index in [1.54, 1.807) is 36.5 Å². The van der Waals surface area contributed by atoms with Crippen molar-refractivity contribution in [2.45, 2.75) is 13.0 Å². The number of carbonyl (C=O) groups is 1. The van der Waals surface area contributed by atoms with Gasteiger partial charge in [-0.25, -0.2) is 0 Å². The maximum absolute atomic E-state index is 12.5. The highest BCUT2D eigenvalue weighted by molar-refractivity contribution is 5.98. The standard InChI is InChI=1S/C24H22N4O3.ClH/c1-2-31-25-15-16-11-12-21-20(13-16)22(28-27-21)18-9-6-10-19(14-18)26-24(30)23(29)17-7-4-3-5-8-17;/h3-15,23,29H,2H2,1H3,(H,26,30)(H,27,28);1H. The van der Waals surface area contributed by atoms with Crippen molar-refractivity contribution in [1.82, 2.24) is 10.2 Å². The molecule has 0 radical (unpaired) electrons. The van der Waals surface area contributed by atoms with Crippen molar-refractivity contribution < 1.29 is 14.7 Å². The summed E-state index contributed by atoms with van der Waals surface area (Å²) < 4.78 is 0. The molecule has 0 aliphatic rings. The number of anilines is 1. The molecule has 4 aromatic rings. The van der Waals surface area contributed by atoms with Crippen LogP contribution in [0.2, 0.25) is 0 Å². The first-order valence-corrected chi connectivity index (χ1v) is 9.93. The van der Waals surface area contributed by atoms with Crippen LogP contribution in [0.15, 0.2) is 78.0 Å². The average molecular weight is 451 g/mol. The number of aromatic amines is 1. The van der Waals surface area contributed by atoms with Gasteiger partial charge in [-0.2, -0.15) is 5.10 Å². The highest BCUT2D eigenvalue weighted by Crippen LogP contribution is 2.29. The molecule has 0 bridgehead atoms. The number of aliphatic hydroxyl groups excluding tert-OH is 1. The zero-order chi connectivity index (χ0) is 21.6. The molecule has 7 nitrogen and oxygen atoms in total. The fourth-order valence-electron chi connectivity index (χ4n) is 3.25. The van der Waals surface area contributed by atoms with Gasteiger partial charge in [-0.15, -0.1) is 12.4 Å². The minimum absolute atomic E-state index is 0. The van der Waals surface area contributed by atoms with E-state index in [-0.39, 0.29) is 12.4 Å². The second-order valence-corrected chi connectivity index (χ2v) is 6.91. The van der Waals surface area contributed by atoms with Crippen molar-refractivity contribution in [3.8, 4) is 11.3 Å². The first kappa shape index (κ1) is 23.0. The summed E-state index contributed by atoms with van der Waals surface area (Å²) in [7, 11) is 0. The molecule has 32 heavy (non-hydrogen) atoms. The maximum Gasteiger partial charge on any atom is 0.257 e. The van der Waals surface area contributed by atoms with Crippen LogP contribution >= 0.6 is 12.4 Å². The highest BCUT2D eigenvalue weighted by Gasteiger charge is 2.17. The van der Waals surface area contributed by atoms with Crippen LogP contribution in [0.1, 0.15) is 24.2 Å². The van der Waals surface area contributed by atoms with Crippen LogP contribution in [0.25, 0.3) is 22.2 Å². The minimum Gasteiger partial charge on any atom is -0.396 e. The van der Waals surface area contributed by atoms with Gasteiger partial charge in [0.05, 0.1) is 17.4 Å². The van der Waals surface area contributed by atoms with E-state index in [1.165, 1.54) is 0 Å². The quantitative estimate of drug-likeness (QED) is 0.281. The Kier molecular flexibility index (Phi) is 7.59. The van der Waals surface area contributed by atoms with Crippen LogP contribution in [0, 0.1) is 0 Å². The van der Waals surface area contributed by atoms with Crippen LogP contribution < -0.4 is 5.32 Å². The normalized spacial score (nSPS) is 11.8. The number of carbonyl (C=O) groups excluding carboxylic acids is 1. The van der Waals surface area contributed by atoms with Crippen LogP contribution in [0.3, 0.4) is 0 Å². The van der Waals surface area contributed by atoms with Crippen molar-refractivity contribution in [3.05, 3.63) is 83.9 Å². The van der Waals surface area contributed by atoms with Crippen molar-refractivity contribution in [2.75, 3.05) is 11.9 Å². The number of rotatable bonds is 7. The number of nitrogens with one attached hydrogen (secondary N) is 2. The second-order valence-electron chi connectivity index (χ2n) is 6.91. The van der Waals surface area contributed by atoms with Gasteiger partial charge in [-0.3, -0.25) is 9.89 Å². The Bertz CT molecular complexity index is 1220. The van der Waals surface area contributed by atoms with Crippen LogP contribution in [-0.4, -0.2) is 34.0 Å². The highest BCUT2D eigenvalue weighted by atomic mass is 35.5. The van der Waals surface area contributed by atoms with E-state index in [1.807, 2.05) is 49.4 Å². The largest absolute Gasteiger partial charge is 0.396 e. The van der Waals surface area contributed by atoms with E-state index in [2.05, 4.69) is 20.7 Å². The molecule has 4 rings (SSSR count). The van der Waals surface area contributed by atoms with E-state index >= 15 is 0 Å². The van der Waals surface area contributed by atoms with Gasteiger partial charge in [0.25, 0.3) is 5.91 Å². The van der Waals surface area contributed by atoms with Crippen molar-refractivity contribution in [3.63, 3.8) is 0 Å². The summed E-state index contributed by atoms with van der Waals surface area (Å²) in [6, 6.07) is 22.0. The molecule has 0 fully saturated rings. The van der Waals surface area contributed by atoms with Gasteiger partial charge in [0.15, 0.2) is 6.10 Å². The lowest BCUT2D eigenvalue weighted by atomic mass is 10.0. The minimum atomic E-state index is -1.25. The van der Waals surface area contributed by atoms with Crippen molar-refractivity contribution in [2.24, 2.45) is 5.16 Å². The fraction of sp³-hybridized carbons (Fsp3) is 0.125. The summed E-state index contributed by atoms with van der Waals surface area (Å²) in [5.41, 5.74) is 4.47. The predicted molar refractivity (Wildman–Crippen MR) is 128 cm³/mol. The molecule has 8 heteroatoms. The molecule has 0 spiro atoms. The number of amides is 1. The summed E-state index contributed by atoms with van der Waals surface area (Å²) >= 11 is 0. The summed E-state index contributed by atoms with van der Waals surface area (Å²) in [5, 5.41) is 25.4. The summed E-state index contributed by atoms with van der Waals surface area (Å²) in [5.74, 6) is -0.496. The van der Waals surface area contributed by atoms with Crippen LogP contribution in [-0.2, 0) is 9.63 Å². The topological polar surface area (TPSA) is 99.6 Å². The van der Waals surface area contributed by atoms with E-state index in [0.717, 1.165) is 27.7 Å². The average Bonchev–Trinajstić information content (AvgIpc) is 3.23. The molecule has 0 aliphatic carbocycles. The molecule has 1 atom stereocenters. The summed E-state index contributed by atoms with van der Waals surface area (Å²) in [6.45, 7) is 2.38. The number of fused-ring (bicyclic) bond motifs is 1. The van der Waals surface area contributed by atoms with Crippen LogP contribution in [0.4, 0.5) is 5.69 Å². The molecule has 3 aromatic carbocycles. The third-order valence-corrected chi connectivity index (χ3v) is 4.76. The summed E-state index contributed by atoms with van der Waals surface area (Å²) in [4.78, 5) is 17.5. The first-order chi connectivity index (χ1) is 15.2. The monoisotopic (exact) mass is 450 g/mol. The Hall–Kier alpha value is -3.68. The van der Waals surface area contributed by atoms with E-state index < -0.39 is 12.0 Å². The second kappa shape index (κ2) is 10.6. The number of aromatic nitrogens is 2. The van der Waals surface area contributed by atoms with Gasteiger partial charge in [0.1, 0.15) is 6.61 Å². The van der Waals surface area contributed by atoms with E-state index in [9.17, 15) is 9.90 Å². The Balaban J connectivity index is 0.00000289. The van der Waals surface area contributed by atoms with E-state index in [4.69, 9.17) is 4.84 Å². The molecule has 1 amide bonds. The van der Waals surface area contributed by atoms with Gasteiger partial charge in [0, 0.05) is 16.6 Å². The number of H-pyrrole nitrogens is 1. The lowest BCUT2D eigenvalue weighted by Gasteiger charge is -2.12. The molecule has 1 heterocycles. The number of nitrogens with zero attached hydrogens (tertiary/aromatic N) is 2. The van der Waals surface area contributed by atoms with Gasteiger partial charge >= 0.3 is 0 Å². The molecule has 3 N–H and O–H groups in total. The molecule has 0 saturated heterocycles. The number of oxime groups is 1. The number of halogens is 1. The molecule has 164 valence electrons. The Morgan fingerprint density at radius 2 is 1.97 bits per heavy atom. The number of aliphatic hydroxyl groups is 1. The van der Waals surface area contributed by atoms with Gasteiger partial charge in [-0.05, 0) is 42.3 Å². The van der Waals surface area contributed by atoms with Crippen LogP contribution in [0.5, 0.6) is 0 Å². The van der Waals surface area contributed by atoms with Gasteiger partial charge in [-0.1, -0.05) is 53.7 Å². The maximum atomic E-state index is 12.5. The molecule has 0 saturated carbocycles. The molecule has 0 aliphatic heterocycles. The number of hydrogen-bond acceptors (Lipinski definition) is 5. The fourth-order valence-corrected chi connectivity index (χ4v) is 3.25. The smallest absolute Gasteiger partial charge is 0.257 e. The number of hydrogen-bond donors (Lipinski definition) is 3. The Morgan fingerprint density at radius 3 is 2.75 bits per heavy atom. The third-order valence-electron chi connectivity index (χ3n) is 4.76. The lowest BCUT2D eigenvalue weighted by molar-refractivity contribution is -0.124. The SMILES string of the molecule is CCON=Cc1ccc2[nH]nc(-c3cccc(NC(=O)C(O)c4ccccc4)c3)c2c1.Cl.